The Kier molecular flexibility index (Phi) is 5.03. The number of carbonyl (C=O) groups excluding carboxylic acids is 2. The second kappa shape index (κ2) is 6.30. The van der Waals surface area contributed by atoms with Crippen molar-refractivity contribution in [2.45, 2.75) is 6.92 Å². The fraction of sp³-hybridized carbons (Fsp3) is 0.167. The summed E-state index contributed by atoms with van der Waals surface area (Å²) in [6.07, 6.45) is 0.694. The van der Waals surface area contributed by atoms with E-state index in [1.165, 1.54) is 12.1 Å². The SMILES string of the molecule is CCOC(=O)C(=O)C=C(O)c1cc(F)cc(Br)c1. The van der Waals surface area contributed by atoms with Gasteiger partial charge in [-0.1, -0.05) is 15.9 Å². The molecule has 1 N–H and O–H groups in total. The van der Waals surface area contributed by atoms with E-state index in [2.05, 4.69) is 20.7 Å². The maximum atomic E-state index is 13.1. The van der Waals surface area contributed by atoms with Crippen LogP contribution in [0.3, 0.4) is 0 Å². The number of hydrogen-bond acceptors (Lipinski definition) is 4. The number of esters is 1. The van der Waals surface area contributed by atoms with Gasteiger partial charge in [-0.2, -0.15) is 0 Å². The quantitative estimate of drug-likeness (QED) is 0.401. The van der Waals surface area contributed by atoms with Gasteiger partial charge in [-0.3, -0.25) is 4.79 Å². The Morgan fingerprint density at radius 3 is 2.67 bits per heavy atom. The zero-order chi connectivity index (χ0) is 13.7. The Morgan fingerprint density at radius 1 is 1.44 bits per heavy atom. The lowest BCUT2D eigenvalue weighted by molar-refractivity contribution is -0.151. The molecule has 18 heavy (non-hydrogen) atoms. The number of hydrogen-bond donors (Lipinski definition) is 1. The van der Waals surface area contributed by atoms with Gasteiger partial charge in [0.25, 0.3) is 5.78 Å². The van der Waals surface area contributed by atoms with Crippen molar-refractivity contribution >= 4 is 33.4 Å². The van der Waals surface area contributed by atoms with E-state index >= 15 is 0 Å². The van der Waals surface area contributed by atoms with Crippen LogP contribution in [0.5, 0.6) is 0 Å². The molecule has 0 aliphatic rings. The average molecular weight is 317 g/mol. The summed E-state index contributed by atoms with van der Waals surface area (Å²) in [7, 11) is 0. The first-order valence-corrected chi connectivity index (χ1v) is 5.81. The molecule has 6 heteroatoms. The Morgan fingerprint density at radius 2 is 2.11 bits per heavy atom. The molecule has 0 saturated heterocycles. The number of ketones is 1. The summed E-state index contributed by atoms with van der Waals surface area (Å²) in [5.74, 6) is -3.16. The first kappa shape index (κ1) is 14.4. The first-order chi connectivity index (χ1) is 8.43. The van der Waals surface area contributed by atoms with Crippen LogP contribution in [0.2, 0.25) is 0 Å². The lowest BCUT2D eigenvalue weighted by Crippen LogP contribution is -2.15. The van der Waals surface area contributed by atoms with Crippen molar-refractivity contribution in [3.05, 3.63) is 40.1 Å². The minimum absolute atomic E-state index is 0.0602. The van der Waals surface area contributed by atoms with Crippen LogP contribution < -0.4 is 0 Å². The Bertz CT molecular complexity index is 491. The molecule has 0 aromatic heterocycles. The Labute approximate surface area is 111 Å². The van der Waals surface area contributed by atoms with Gasteiger partial charge in [0.2, 0.25) is 0 Å². The number of carbonyl (C=O) groups is 2. The molecule has 0 aliphatic heterocycles. The van der Waals surface area contributed by atoms with E-state index < -0.39 is 23.3 Å². The molecule has 0 aliphatic carbocycles. The molecular formula is C12H10BrFO4. The number of halogens is 2. The van der Waals surface area contributed by atoms with Crippen molar-refractivity contribution < 1.29 is 23.8 Å². The highest BCUT2D eigenvalue weighted by atomic mass is 79.9. The van der Waals surface area contributed by atoms with Crippen LogP contribution in [0.1, 0.15) is 12.5 Å². The van der Waals surface area contributed by atoms with Crippen molar-refractivity contribution in [1.29, 1.82) is 0 Å². The maximum absolute atomic E-state index is 13.1. The molecule has 1 aromatic rings. The second-order valence-corrected chi connectivity index (χ2v) is 4.19. The highest BCUT2D eigenvalue weighted by Gasteiger charge is 2.14. The normalized spacial score (nSPS) is 11.2. The molecular weight excluding hydrogens is 307 g/mol. The highest BCUT2D eigenvalue weighted by molar-refractivity contribution is 9.10. The predicted octanol–water partition coefficient (Wildman–Crippen LogP) is 2.62. The summed E-state index contributed by atoms with van der Waals surface area (Å²) in [5.41, 5.74) is 0.0829. The summed E-state index contributed by atoms with van der Waals surface area (Å²) in [4.78, 5) is 22.3. The van der Waals surface area contributed by atoms with Crippen LogP contribution in [0, 0.1) is 5.82 Å². The first-order valence-electron chi connectivity index (χ1n) is 5.02. The molecule has 0 radical (unpaired) electrons. The minimum atomic E-state index is -1.07. The van der Waals surface area contributed by atoms with Crippen molar-refractivity contribution in [2.75, 3.05) is 6.61 Å². The van der Waals surface area contributed by atoms with Gasteiger partial charge >= 0.3 is 5.97 Å². The molecule has 0 unspecified atom stereocenters. The summed E-state index contributed by atoms with van der Waals surface area (Å²) in [5, 5.41) is 9.60. The maximum Gasteiger partial charge on any atom is 0.379 e. The van der Waals surface area contributed by atoms with Gasteiger partial charge in [0.1, 0.15) is 11.6 Å². The van der Waals surface area contributed by atoms with Crippen molar-refractivity contribution in [2.24, 2.45) is 0 Å². The van der Waals surface area contributed by atoms with Gasteiger partial charge in [-0.25, -0.2) is 9.18 Å². The van der Waals surface area contributed by atoms with E-state index in [1.807, 2.05) is 0 Å². The molecule has 4 nitrogen and oxygen atoms in total. The average Bonchev–Trinajstić information content (AvgIpc) is 2.27. The molecule has 0 bridgehead atoms. The molecule has 0 spiro atoms. The summed E-state index contributed by atoms with van der Waals surface area (Å²) >= 11 is 3.05. The number of benzene rings is 1. The van der Waals surface area contributed by atoms with Crippen molar-refractivity contribution in [3.63, 3.8) is 0 Å². The third-order valence-electron chi connectivity index (χ3n) is 1.90. The third-order valence-corrected chi connectivity index (χ3v) is 2.36. The second-order valence-electron chi connectivity index (χ2n) is 3.27. The van der Waals surface area contributed by atoms with Gasteiger partial charge in [-0.05, 0) is 25.1 Å². The van der Waals surface area contributed by atoms with E-state index in [-0.39, 0.29) is 12.2 Å². The predicted molar refractivity (Wildman–Crippen MR) is 66.3 cm³/mol. The summed E-state index contributed by atoms with van der Waals surface area (Å²) < 4.78 is 17.9. The van der Waals surface area contributed by atoms with E-state index in [1.54, 1.807) is 6.92 Å². The molecule has 0 fully saturated rings. The van der Waals surface area contributed by atoms with E-state index in [0.717, 1.165) is 6.07 Å². The molecule has 1 aromatic carbocycles. The Balaban J connectivity index is 2.95. The van der Waals surface area contributed by atoms with Crippen LogP contribution >= 0.6 is 15.9 Å². The molecule has 0 amide bonds. The molecule has 0 atom stereocenters. The topological polar surface area (TPSA) is 63.6 Å². The summed E-state index contributed by atoms with van der Waals surface area (Å²) in [6, 6.07) is 3.65. The zero-order valence-electron chi connectivity index (χ0n) is 9.44. The zero-order valence-corrected chi connectivity index (χ0v) is 11.0. The van der Waals surface area contributed by atoms with Gasteiger partial charge < -0.3 is 9.84 Å². The van der Waals surface area contributed by atoms with Gasteiger partial charge in [0.05, 0.1) is 6.61 Å². The number of aliphatic hydroxyl groups excluding tert-OH is 1. The van der Waals surface area contributed by atoms with Crippen LogP contribution in [0.15, 0.2) is 28.7 Å². The Hall–Kier alpha value is -1.69. The molecule has 96 valence electrons. The fourth-order valence-corrected chi connectivity index (χ4v) is 1.64. The van der Waals surface area contributed by atoms with Crippen molar-refractivity contribution in [3.8, 4) is 0 Å². The fourth-order valence-electron chi connectivity index (χ4n) is 1.17. The summed E-state index contributed by atoms with van der Waals surface area (Å²) in [6.45, 7) is 1.61. The lowest BCUT2D eigenvalue weighted by atomic mass is 10.1. The molecule has 0 saturated carbocycles. The molecule has 1 rings (SSSR count). The van der Waals surface area contributed by atoms with Crippen molar-refractivity contribution in [1.82, 2.24) is 0 Å². The highest BCUT2D eigenvalue weighted by Crippen LogP contribution is 2.19. The van der Waals surface area contributed by atoms with Crippen LogP contribution in [-0.4, -0.2) is 23.5 Å². The number of rotatable bonds is 4. The smallest absolute Gasteiger partial charge is 0.379 e. The minimum Gasteiger partial charge on any atom is -0.507 e. The molecule has 0 heterocycles. The monoisotopic (exact) mass is 316 g/mol. The van der Waals surface area contributed by atoms with E-state index in [0.29, 0.717) is 10.5 Å². The van der Waals surface area contributed by atoms with Crippen LogP contribution in [0.4, 0.5) is 4.39 Å². The number of aliphatic hydroxyl groups is 1. The van der Waals surface area contributed by atoms with Crippen LogP contribution in [-0.2, 0) is 14.3 Å². The van der Waals surface area contributed by atoms with Crippen LogP contribution in [0.25, 0.3) is 5.76 Å². The standard InChI is InChI=1S/C12H10BrFO4/c1-2-18-12(17)11(16)6-10(15)7-3-8(13)5-9(14)4-7/h3-6,15H,2H2,1H3. The van der Waals surface area contributed by atoms with E-state index in [4.69, 9.17) is 0 Å². The van der Waals surface area contributed by atoms with Gasteiger partial charge in [0, 0.05) is 16.1 Å². The number of ether oxygens (including phenoxy) is 1. The van der Waals surface area contributed by atoms with E-state index in [9.17, 15) is 19.1 Å². The van der Waals surface area contributed by atoms with Gasteiger partial charge in [-0.15, -0.1) is 0 Å². The van der Waals surface area contributed by atoms with Gasteiger partial charge in [0.15, 0.2) is 0 Å². The third kappa shape index (κ3) is 3.96. The largest absolute Gasteiger partial charge is 0.507 e. The lowest BCUT2D eigenvalue weighted by Gasteiger charge is -2.02.